The van der Waals surface area contributed by atoms with Crippen molar-refractivity contribution in [2.75, 3.05) is 22.5 Å². The number of aromatic hydroxyl groups is 1. The zero-order valence-corrected chi connectivity index (χ0v) is 18.9. The Morgan fingerprint density at radius 2 is 1.82 bits per heavy atom. The van der Waals surface area contributed by atoms with E-state index >= 15 is 0 Å². The fourth-order valence-electron chi connectivity index (χ4n) is 3.74. The Bertz CT molecular complexity index is 1230. The van der Waals surface area contributed by atoms with Gasteiger partial charge in [-0.1, -0.05) is 30.6 Å². The first-order valence-corrected chi connectivity index (χ1v) is 11.6. The summed E-state index contributed by atoms with van der Waals surface area (Å²) in [4.78, 5) is 37.8. The maximum absolute atomic E-state index is 14.1. The molecular weight excluding hydrogens is 465 g/mol. The fraction of sp³-hybridized carbons (Fsp3) is 0.381. The molecule has 2 aromatic heterocycles. The zero-order chi connectivity index (χ0) is 24.1. The topological polar surface area (TPSA) is 165 Å². The molecule has 1 aromatic carbocycles. The number of nitrogens with zero attached hydrogens (tertiary/aromatic N) is 3. The maximum Gasteiger partial charge on any atom is 0.338 e. The summed E-state index contributed by atoms with van der Waals surface area (Å²) in [6.07, 6.45) is 5.91. The molecule has 34 heavy (non-hydrogen) atoms. The lowest BCUT2D eigenvalue weighted by atomic mass is 9.89. The Hall–Kier alpha value is -3.74. The smallest absolute Gasteiger partial charge is 0.338 e. The van der Waals surface area contributed by atoms with Gasteiger partial charge in [0, 0.05) is 12.2 Å². The number of carbonyl (C=O) groups is 1. The number of thiazole rings is 1. The van der Waals surface area contributed by atoms with E-state index in [1.807, 2.05) is 0 Å². The van der Waals surface area contributed by atoms with Gasteiger partial charge in [0.1, 0.15) is 5.82 Å². The van der Waals surface area contributed by atoms with E-state index in [-0.39, 0.29) is 34.9 Å². The molecule has 1 aliphatic rings. The van der Waals surface area contributed by atoms with Crippen LogP contribution in [0.25, 0.3) is 0 Å². The lowest BCUT2D eigenvalue weighted by Gasteiger charge is -2.21. The molecule has 0 aliphatic heterocycles. The van der Waals surface area contributed by atoms with Crippen LogP contribution in [0, 0.1) is 11.7 Å². The van der Waals surface area contributed by atoms with E-state index in [4.69, 9.17) is 5.11 Å². The molecule has 2 heterocycles. The van der Waals surface area contributed by atoms with Gasteiger partial charge in [0.15, 0.2) is 0 Å². The molecule has 0 radical (unpaired) electrons. The van der Waals surface area contributed by atoms with E-state index in [0.29, 0.717) is 23.3 Å². The van der Waals surface area contributed by atoms with Gasteiger partial charge in [-0.3, -0.25) is 9.78 Å². The van der Waals surface area contributed by atoms with Crippen LogP contribution in [-0.4, -0.2) is 42.7 Å². The predicted octanol–water partition coefficient (Wildman–Crippen LogP) is 3.51. The molecule has 0 spiro atoms. The molecule has 1 saturated carbocycles. The molecule has 6 N–H and O–H groups in total. The zero-order valence-electron chi connectivity index (χ0n) is 18.1. The van der Waals surface area contributed by atoms with Crippen LogP contribution in [0.1, 0.15) is 47.3 Å². The van der Waals surface area contributed by atoms with Crippen LogP contribution >= 0.6 is 11.3 Å². The second-order valence-electron chi connectivity index (χ2n) is 7.96. The summed E-state index contributed by atoms with van der Waals surface area (Å²) in [5.41, 5.74) is -0.178. The monoisotopic (exact) mass is 489 g/mol. The number of aromatic carboxylic acids is 1. The predicted molar refractivity (Wildman–Crippen MR) is 125 cm³/mol. The van der Waals surface area contributed by atoms with E-state index in [9.17, 15) is 19.1 Å². The van der Waals surface area contributed by atoms with Gasteiger partial charge < -0.3 is 26.2 Å². The van der Waals surface area contributed by atoms with Gasteiger partial charge in [-0.15, -0.1) is 0 Å². The van der Waals surface area contributed by atoms with Gasteiger partial charge in [0.05, 0.1) is 17.0 Å². The third-order valence-corrected chi connectivity index (χ3v) is 6.34. The number of hydrogen-bond acceptors (Lipinski definition) is 10. The Morgan fingerprint density at radius 3 is 2.47 bits per heavy atom. The molecule has 4 rings (SSSR count). The summed E-state index contributed by atoms with van der Waals surface area (Å²) < 4.78 is 14.1. The van der Waals surface area contributed by atoms with Gasteiger partial charge in [-0.2, -0.15) is 15.0 Å². The van der Waals surface area contributed by atoms with Crippen molar-refractivity contribution >= 4 is 40.8 Å². The van der Waals surface area contributed by atoms with E-state index in [1.165, 1.54) is 25.3 Å². The van der Waals surface area contributed by atoms with Crippen LogP contribution in [0.4, 0.5) is 27.9 Å². The fourth-order valence-corrected chi connectivity index (χ4v) is 4.41. The summed E-state index contributed by atoms with van der Waals surface area (Å²) in [7, 11) is 0. The minimum atomic E-state index is -1.36. The molecule has 1 aliphatic carbocycles. The molecule has 0 saturated heterocycles. The minimum absolute atomic E-state index is 0.0999. The normalized spacial score (nSPS) is 14.0. The number of aromatic nitrogens is 4. The quantitative estimate of drug-likeness (QED) is 0.262. The first kappa shape index (κ1) is 23.4. The highest BCUT2D eigenvalue weighted by Crippen LogP contribution is 2.25. The average molecular weight is 490 g/mol. The van der Waals surface area contributed by atoms with E-state index in [2.05, 4.69) is 35.9 Å². The Balaban J connectivity index is 1.53. The summed E-state index contributed by atoms with van der Waals surface area (Å²) >= 11 is 0.863. The van der Waals surface area contributed by atoms with Gasteiger partial charge in [-0.25, -0.2) is 9.18 Å². The number of rotatable bonds is 9. The number of carboxylic acid groups (broad SMARTS) is 1. The number of anilines is 4. The minimum Gasteiger partial charge on any atom is -0.494 e. The summed E-state index contributed by atoms with van der Waals surface area (Å²) in [5, 5.41) is 27.9. The first-order chi connectivity index (χ1) is 16.4. The molecule has 0 bridgehead atoms. The lowest BCUT2D eigenvalue weighted by molar-refractivity contribution is 0.0692. The molecule has 11 nitrogen and oxygen atoms in total. The van der Waals surface area contributed by atoms with Crippen molar-refractivity contribution in [3.05, 3.63) is 44.1 Å². The SMILES string of the molecule is O=C(O)c1ccc(Nc2nc(NCc3sc(=O)[nH]c3O)nc(NCC3CCCCC3)n2)cc1F. The van der Waals surface area contributed by atoms with Crippen LogP contribution in [0.5, 0.6) is 5.88 Å². The van der Waals surface area contributed by atoms with Crippen LogP contribution in [0.2, 0.25) is 0 Å². The van der Waals surface area contributed by atoms with Gasteiger partial charge >= 0.3 is 10.8 Å². The molecule has 13 heteroatoms. The highest BCUT2D eigenvalue weighted by molar-refractivity contribution is 7.09. The molecule has 1 fully saturated rings. The van der Waals surface area contributed by atoms with Crippen molar-refractivity contribution in [3.8, 4) is 5.88 Å². The molecule has 3 aromatic rings. The number of halogens is 1. The highest BCUT2D eigenvalue weighted by atomic mass is 32.1. The number of nitrogens with one attached hydrogen (secondary N) is 4. The Kier molecular flexibility index (Phi) is 7.21. The van der Waals surface area contributed by atoms with Crippen LogP contribution < -0.4 is 20.8 Å². The van der Waals surface area contributed by atoms with Crippen molar-refractivity contribution in [2.45, 2.75) is 38.6 Å². The number of H-pyrrole nitrogens is 1. The largest absolute Gasteiger partial charge is 0.494 e. The van der Waals surface area contributed by atoms with Crippen molar-refractivity contribution in [3.63, 3.8) is 0 Å². The van der Waals surface area contributed by atoms with Gasteiger partial charge in [0.2, 0.25) is 23.7 Å². The first-order valence-electron chi connectivity index (χ1n) is 10.8. The average Bonchev–Trinajstić information content (AvgIpc) is 3.13. The van der Waals surface area contributed by atoms with Gasteiger partial charge in [0.25, 0.3) is 0 Å². The standard InChI is InChI=1S/C21H24FN7O4S/c22-14-8-12(6-7-13(14)17(31)32)25-20-28-18(23-9-11-4-2-1-3-5-11)27-19(29-20)24-10-15-16(30)26-21(33)34-15/h6-8,11,30H,1-5,9-10H2,(H,26,33)(H,31,32)(H3,23,24,25,27,28,29). The van der Waals surface area contributed by atoms with E-state index in [0.717, 1.165) is 36.3 Å². The number of aromatic amines is 1. The lowest BCUT2D eigenvalue weighted by Crippen LogP contribution is -2.19. The van der Waals surface area contributed by atoms with Crippen LogP contribution in [0.3, 0.4) is 0 Å². The highest BCUT2D eigenvalue weighted by Gasteiger charge is 2.16. The molecule has 0 atom stereocenters. The number of hydrogen-bond donors (Lipinski definition) is 6. The molecule has 0 unspecified atom stereocenters. The Labute approximate surface area is 197 Å². The maximum atomic E-state index is 14.1. The molecular formula is C21H24FN7O4S. The van der Waals surface area contributed by atoms with Crippen molar-refractivity contribution in [2.24, 2.45) is 5.92 Å². The van der Waals surface area contributed by atoms with Crippen molar-refractivity contribution < 1.29 is 19.4 Å². The van der Waals surface area contributed by atoms with Crippen LogP contribution in [0.15, 0.2) is 23.0 Å². The number of benzene rings is 1. The second-order valence-corrected chi connectivity index (χ2v) is 9.02. The van der Waals surface area contributed by atoms with E-state index in [1.54, 1.807) is 0 Å². The van der Waals surface area contributed by atoms with E-state index < -0.39 is 17.3 Å². The van der Waals surface area contributed by atoms with Gasteiger partial charge in [-0.05, 0) is 37.0 Å². The third-order valence-electron chi connectivity index (χ3n) is 5.47. The van der Waals surface area contributed by atoms with Crippen LogP contribution in [-0.2, 0) is 6.54 Å². The summed E-state index contributed by atoms with van der Waals surface area (Å²) in [6.45, 7) is 0.799. The van der Waals surface area contributed by atoms with Crippen molar-refractivity contribution in [1.82, 2.24) is 19.9 Å². The third kappa shape index (κ3) is 5.98. The van der Waals surface area contributed by atoms with Crippen molar-refractivity contribution in [1.29, 1.82) is 0 Å². The molecule has 0 amide bonds. The Morgan fingerprint density at radius 1 is 1.12 bits per heavy atom. The molecule has 180 valence electrons. The second kappa shape index (κ2) is 10.5. The number of carboxylic acids is 1. The summed E-state index contributed by atoms with van der Waals surface area (Å²) in [5.74, 6) is -1.37. The summed E-state index contributed by atoms with van der Waals surface area (Å²) in [6, 6.07) is 3.61.